The van der Waals surface area contributed by atoms with Gasteiger partial charge in [-0.1, -0.05) is 12.1 Å². The zero-order valence-corrected chi connectivity index (χ0v) is 13.4. The molecule has 0 aliphatic heterocycles. The van der Waals surface area contributed by atoms with Crippen LogP contribution >= 0.6 is 0 Å². The molecule has 124 valence electrons. The summed E-state index contributed by atoms with van der Waals surface area (Å²) in [5, 5.41) is 0. The van der Waals surface area contributed by atoms with Crippen molar-refractivity contribution in [3.63, 3.8) is 0 Å². The van der Waals surface area contributed by atoms with Crippen molar-refractivity contribution < 1.29 is 13.9 Å². The second-order valence-corrected chi connectivity index (χ2v) is 5.39. The zero-order chi connectivity index (χ0) is 17.2. The monoisotopic (exact) mass is 335 g/mol. The number of hydrogen-bond acceptors (Lipinski definition) is 4. The molecule has 0 saturated carbocycles. The minimum absolute atomic E-state index is 0.168. The number of aromatic nitrogens is 3. The summed E-state index contributed by atoms with van der Waals surface area (Å²) in [5.41, 5.74) is 3.51. The standard InChI is InChI=1S/C19H14FN3O2/c1-24-18-8-6-13(10-14(18)20)25-19-4-2-3-15(23-19)12-5-7-16-17(9-12)22-11-21-16/h2-11H,1H3,(H,21,22). The number of rotatable bonds is 4. The summed E-state index contributed by atoms with van der Waals surface area (Å²) in [5.74, 6) is 0.418. The van der Waals surface area contributed by atoms with E-state index >= 15 is 0 Å². The maximum Gasteiger partial charge on any atom is 0.219 e. The highest BCUT2D eigenvalue weighted by Gasteiger charge is 2.08. The van der Waals surface area contributed by atoms with Crippen LogP contribution in [0.25, 0.3) is 22.3 Å². The van der Waals surface area contributed by atoms with Crippen LogP contribution in [0.15, 0.2) is 60.9 Å². The lowest BCUT2D eigenvalue weighted by Gasteiger charge is -2.08. The van der Waals surface area contributed by atoms with Crippen LogP contribution in [-0.2, 0) is 0 Å². The molecule has 25 heavy (non-hydrogen) atoms. The molecule has 4 rings (SSSR count). The Kier molecular flexibility index (Phi) is 3.78. The highest BCUT2D eigenvalue weighted by Crippen LogP contribution is 2.28. The van der Waals surface area contributed by atoms with E-state index in [1.807, 2.05) is 30.3 Å². The summed E-state index contributed by atoms with van der Waals surface area (Å²) in [6.07, 6.45) is 1.65. The minimum Gasteiger partial charge on any atom is -0.494 e. The SMILES string of the molecule is COc1ccc(Oc2cccc(-c3ccc4nc[nH]c4c3)n2)cc1F. The van der Waals surface area contributed by atoms with E-state index in [0.717, 1.165) is 22.3 Å². The van der Waals surface area contributed by atoms with E-state index in [2.05, 4.69) is 15.0 Å². The Morgan fingerprint density at radius 2 is 1.96 bits per heavy atom. The number of imidazole rings is 1. The molecule has 2 aromatic carbocycles. The largest absolute Gasteiger partial charge is 0.494 e. The van der Waals surface area contributed by atoms with Crippen LogP contribution in [-0.4, -0.2) is 22.1 Å². The molecule has 0 unspecified atom stereocenters. The smallest absolute Gasteiger partial charge is 0.219 e. The number of pyridine rings is 1. The average Bonchev–Trinajstić information content (AvgIpc) is 3.10. The number of nitrogens with one attached hydrogen (secondary N) is 1. The lowest BCUT2D eigenvalue weighted by Crippen LogP contribution is -1.92. The minimum atomic E-state index is -0.485. The number of halogens is 1. The van der Waals surface area contributed by atoms with Crippen LogP contribution in [0.4, 0.5) is 4.39 Å². The van der Waals surface area contributed by atoms with Crippen LogP contribution in [0.2, 0.25) is 0 Å². The van der Waals surface area contributed by atoms with E-state index in [1.54, 1.807) is 18.5 Å². The second-order valence-electron chi connectivity index (χ2n) is 5.39. The van der Waals surface area contributed by atoms with Crippen LogP contribution in [0.1, 0.15) is 0 Å². The van der Waals surface area contributed by atoms with Gasteiger partial charge in [-0.2, -0.15) is 0 Å². The van der Waals surface area contributed by atoms with E-state index in [-0.39, 0.29) is 5.75 Å². The fourth-order valence-corrected chi connectivity index (χ4v) is 2.56. The number of fused-ring (bicyclic) bond motifs is 1. The van der Waals surface area contributed by atoms with Crippen LogP contribution in [0.5, 0.6) is 17.4 Å². The summed E-state index contributed by atoms with van der Waals surface area (Å²) in [6, 6.07) is 15.7. The normalized spacial score (nSPS) is 10.8. The number of methoxy groups -OCH3 is 1. The van der Waals surface area contributed by atoms with Crippen molar-refractivity contribution in [3.8, 4) is 28.6 Å². The average molecular weight is 335 g/mol. The van der Waals surface area contributed by atoms with Gasteiger partial charge in [0, 0.05) is 17.7 Å². The predicted molar refractivity (Wildman–Crippen MR) is 92.4 cm³/mol. The maximum atomic E-state index is 13.8. The molecule has 5 nitrogen and oxygen atoms in total. The van der Waals surface area contributed by atoms with Gasteiger partial charge < -0.3 is 14.5 Å². The lowest BCUT2D eigenvalue weighted by atomic mass is 10.1. The van der Waals surface area contributed by atoms with Crippen molar-refractivity contribution in [3.05, 3.63) is 66.7 Å². The third-order valence-electron chi connectivity index (χ3n) is 3.79. The number of hydrogen-bond donors (Lipinski definition) is 1. The Hall–Kier alpha value is -3.41. The van der Waals surface area contributed by atoms with Crippen LogP contribution in [0.3, 0.4) is 0 Å². The molecule has 0 aliphatic rings. The quantitative estimate of drug-likeness (QED) is 0.594. The first kappa shape index (κ1) is 15.1. The third kappa shape index (κ3) is 3.01. The first-order valence-electron chi connectivity index (χ1n) is 7.65. The number of nitrogens with zero attached hydrogens (tertiary/aromatic N) is 2. The molecule has 0 aliphatic carbocycles. The van der Waals surface area contributed by atoms with Crippen molar-refractivity contribution >= 4 is 11.0 Å². The molecule has 0 spiro atoms. The van der Waals surface area contributed by atoms with Crippen molar-refractivity contribution in [2.75, 3.05) is 7.11 Å². The third-order valence-corrected chi connectivity index (χ3v) is 3.79. The molecule has 1 N–H and O–H groups in total. The predicted octanol–water partition coefficient (Wildman–Crippen LogP) is 4.56. The van der Waals surface area contributed by atoms with Crippen molar-refractivity contribution in [2.45, 2.75) is 0 Å². The first-order valence-corrected chi connectivity index (χ1v) is 7.65. The van der Waals surface area contributed by atoms with Crippen LogP contribution < -0.4 is 9.47 Å². The number of benzene rings is 2. The van der Waals surface area contributed by atoms with Gasteiger partial charge in [-0.15, -0.1) is 0 Å². The summed E-state index contributed by atoms with van der Waals surface area (Å²) >= 11 is 0. The molecular formula is C19H14FN3O2. The highest BCUT2D eigenvalue weighted by molar-refractivity contribution is 5.80. The second kappa shape index (κ2) is 6.24. The zero-order valence-electron chi connectivity index (χ0n) is 13.4. The Bertz CT molecular complexity index is 1050. The molecule has 0 bridgehead atoms. The highest BCUT2D eigenvalue weighted by atomic mass is 19.1. The first-order chi connectivity index (χ1) is 12.2. The fourth-order valence-electron chi connectivity index (χ4n) is 2.56. The fraction of sp³-hybridized carbons (Fsp3) is 0.0526. The van der Waals surface area contributed by atoms with Gasteiger partial charge in [-0.25, -0.2) is 14.4 Å². The van der Waals surface area contributed by atoms with Gasteiger partial charge in [0.15, 0.2) is 11.6 Å². The molecule has 0 saturated heterocycles. The Morgan fingerprint density at radius 3 is 2.80 bits per heavy atom. The number of H-pyrrole nitrogens is 1. The molecule has 2 heterocycles. The Labute approximate surface area is 143 Å². The van der Waals surface area contributed by atoms with Gasteiger partial charge in [0.2, 0.25) is 5.88 Å². The van der Waals surface area contributed by atoms with E-state index < -0.39 is 5.82 Å². The van der Waals surface area contributed by atoms with Gasteiger partial charge in [-0.05, 0) is 30.3 Å². The lowest BCUT2D eigenvalue weighted by molar-refractivity contribution is 0.382. The van der Waals surface area contributed by atoms with Gasteiger partial charge in [0.25, 0.3) is 0 Å². The Balaban J connectivity index is 1.63. The number of aromatic amines is 1. The topological polar surface area (TPSA) is 60.0 Å². The van der Waals surface area contributed by atoms with Crippen LogP contribution in [0, 0.1) is 5.82 Å². The Morgan fingerprint density at radius 1 is 1.04 bits per heavy atom. The summed E-state index contributed by atoms with van der Waals surface area (Å²) in [6.45, 7) is 0. The van der Waals surface area contributed by atoms with Gasteiger partial charge in [-0.3, -0.25) is 0 Å². The van der Waals surface area contributed by atoms with E-state index in [0.29, 0.717) is 11.6 Å². The summed E-state index contributed by atoms with van der Waals surface area (Å²) < 4.78 is 24.3. The molecule has 6 heteroatoms. The van der Waals surface area contributed by atoms with E-state index in [9.17, 15) is 4.39 Å². The van der Waals surface area contributed by atoms with Crippen molar-refractivity contribution in [1.82, 2.24) is 15.0 Å². The molecular weight excluding hydrogens is 321 g/mol. The van der Waals surface area contributed by atoms with Gasteiger partial charge in [0.1, 0.15) is 5.75 Å². The van der Waals surface area contributed by atoms with Gasteiger partial charge in [0.05, 0.1) is 30.2 Å². The van der Waals surface area contributed by atoms with E-state index in [1.165, 1.54) is 19.2 Å². The van der Waals surface area contributed by atoms with Crippen molar-refractivity contribution in [2.24, 2.45) is 0 Å². The van der Waals surface area contributed by atoms with Crippen molar-refractivity contribution in [1.29, 1.82) is 0 Å². The summed E-state index contributed by atoms with van der Waals surface area (Å²) in [4.78, 5) is 11.8. The maximum absolute atomic E-state index is 13.8. The molecule has 2 aromatic heterocycles. The molecule has 4 aromatic rings. The van der Waals surface area contributed by atoms with Gasteiger partial charge >= 0.3 is 0 Å². The molecule has 0 radical (unpaired) electrons. The van der Waals surface area contributed by atoms with E-state index in [4.69, 9.17) is 9.47 Å². The molecule has 0 amide bonds. The molecule has 0 fully saturated rings. The summed E-state index contributed by atoms with van der Waals surface area (Å²) in [7, 11) is 1.42. The number of ether oxygens (including phenoxy) is 2. The molecule has 0 atom stereocenters.